The van der Waals surface area contributed by atoms with Crippen LogP contribution in [0.15, 0.2) is 48.5 Å². The van der Waals surface area contributed by atoms with Gasteiger partial charge in [0.25, 0.3) is 0 Å². The van der Waals surface area contributed by atoms with Crippen LogP contribution < -0.4 is 15.4 Å². The maximum Gasteiger partial charge on any atom is 0.573 e. The molecule has 0 radical (unpaired) electrons. The molecule has 1 aromatic heterocycles. The number of rotatable bonds is 8. The molecule has 3 N–H and O–H groups in total. The fourth-order valence-electron chi connectivity index (χ4n) is 3.17. The highest BCUT2D eigenvalue weighted by atomic mass is 19.4. The predicted octanol–water partition coefficient (Wildman–Crippen LogP) is 5.45. The Morgan fingerprint density at radius 1 is 1.09 bits per heavy atom. The van der Waals surface area contributed by atoms with Crippen molar-refractivity contribution in [3.8, 4) is 17.0 Å². The Morgan fingerprint density at radius 2 is 1.84 bits per heavy atom. The molecule has 0 fully saturated rings. The largest absolute Gasteiger partial charge is 0.573 e. The zero-order chi connectivity index (χ0) is 23.3. The summed E-state index contributed by atoms with van der Waals surface area (Å²) in [5.41, 5.74) is 3.87. The first kappa shape index (κ1) is 23.3. The third-order valence-electron chi connectivity index (χ3n) is 4.73. The molecule has 0 saturated heterocycles. The van der Waals surface area contributed by atoms with Crippen molar-refractivity contribution in [3.63, 3.8) is 0 Å². The van der Waals surface area contributed by atoms with Crippen molar-refractivity contribution in [2.45, 2.75) is 39.6 Å². The van der Waals surface area contributed by atoms with E-state index in [0.717, 1.165) is 23.2 Å². The normalized spacial score (nSPS) is 12.3. The van der Waals surface area contributed by atoms with Gasteiger partial charge in [-0.15, -0.1) is 13.2 Å². The van der Waals surface area contributed by atoms with E-state index in [-0.39, 0.29) is 24.3 Å². The van der Waals surface area contributed by atoms with Gasteiger partial charge in [0.05, 0.1) is 12.3 Å². The van der Waals surface area contributed by atoms with E-state index in [1.165, 1.54) is 18.2 Å². The molecule has 32 heavy (non-hydrogen) atoms. The summed E-state index contributed by atoms with van der Waals surface area (Å²) in [6.45, 7) is 5.66. The number of hydrogen-bond acceptors (Lipinski definition) is 6. The first-order valence-electron chi connectivity index (χ1n) is 10.2. The summed E-state index contributed by atoms with van der Waals surface area (Å²) < 4.78 is 42.0. The number of hydrogen-bond donors (Lipinski definition) is 3. The molecule has 170 valence electrons. The fourth-order valence-corrected chi connectivity index (χ4v) is 3.17. The summed E-state index contributed by atoms with van der Waals surface area (Å²) in [5.74, 6) is 0.364. The van der Waals surface area contributed by atoms with Crippen molar-refractivity contribution < 1.29 is 23.0 Å². The topological polar surface area (TPSA) is 79.3 Å². The molecule has 3 rings (SSSR count). The predicted molar refractivity (Wildman–Crippen MR) is 118 cm³/mol. The molecule has 0 aliphatic carbocycles. The third kappa shape index (κ3) is 6.10. The number of aliphatic hydroxyl groups excluding tert-OH is 1. The second kappa shape index (κ2) is 9.86. The molecule has 0 aliphatic rings. The van der Waals surface area contributed by atoms with Crippen LogP contribution >= 0.6 is 0 Å². The highest BCUT2D eigenvalue weighted by Crippen LogP contribution is 2.30. The smallest absolute Gasteiger partial charge is 0.406 e. The highest BCUT2D eigenvalue weighted by molar-refractivity contribution is 5.71. The lowest BCUT2D eigenvalue weighted by Crippen LogP contribution is -2.21. The van der Waals surface area contributed by atoms with Gasteiger partial charge in [-0.1, -0.05) is 37.3 Å². The van der Waals surface area contributed by atoms with Gasteiger partial charge in [0.15, 0.2) is 0 Å². The number of para-hydroxylation sites is 1. The van der Waals surface area contributed by atoms with Crippen LogP contribution in [0.25, 0.3) is 11.3 Å². The Bertz CT molecular complexity index is 1070. The summed E-state index contributed by atoms with van der Waals surface area (Å²) in [6.07, 6.45) is -3.98. The van der Waals surface area contributed by atoms with E-state index in [1.54, 1.807) is 19.1 Å². The van der Waals surface area contributed by atoms with Crippen LogP contribution in [0.5, 0.6) is 5.75 Å². The molecule has 0 amide bonds. The van der Waals surface area contributed by atoms with Crippen molar-refractivity contribution in [1.29, 1.82) is 0 Å². The molecule has 0 bridgehead atoms. The molecule has 3 aromatic rings. The van der Waals surface area contributed by atoms with E-state index >= 15 is 0 Å². The number of aryl methyl sites for hydroxylation is 2. The maximum atomic E-state index is 12.6. The molecule has 9 heteroatoms. The summed E-state index contributed by atoms with van der Waals surface area (Å²) in [7, 11) is 0. The summed E-state index contributed by atoms with van der Waals surface area (Å²) in [6, 6.07) is 12.9. The minimum atomic E-state index is -4.79. The van der Waals surface area contributed by atoms with Crippen molar-refractivity contribution in [3.05, 3.63) is 59.7 Å². The monoisotopic (exact) mass is 446 g/mol. The number of benzene rings is 2. The number of ether oxygens (including phenoxy) is 1. The van der Waals surface area contributed by atoms with Crippen LogP contribution in [0, 0.1) is 6.92 Å². The van der Waals surface area contributed by atoms with Gasteiger partial charge >= 0.3 is 6.36 Å². The van der Waals surface area contributed by atoms with Gasteiger partial charge in [0.2, 0.25) is 5.95 Å². The first-order chi connectivity index (χ1) is 15.2. The van der Waals surface area contributed by atoms with E-state index in [2.05, 4.69) is 25.3 Å². The average molecular weight is 446 g/mol. The maximum absolute atomic E-state index is 12.6. The molecular formula is C23H25F3N4O2. The van der Waals surface area contributed by atoms with Gasteiger partial charge in [-0.05, 0) is 43.5 Å². The van der Waals surface area contributed by atoms with E-state index in [9.17, 15) is 18.3 Å². The summed E-state index contributed by atoms with van der Waals surface area (Å²) in [4.78, 5) is 8.91. The average Bonchev–Trinajstić information content (AvgIpc) is 2.74. The molecule has 1 atom stereocenters. The Hall–Kier alpha value is -3.33. The number of anilines is 3. The SMILES string of the molecule is CCc1cccc(C)c1Nc1cc(-c2cccc(OC(F)(F)F)c2)nc(N[C@@H](C)CO)n1. The van der Waals surface area contributed by atoms with Crippen molar-refractivity contribution in [1.82, 2.24) is 9.97 Å². The van der Waals surface area contributed by atoms with Crippen LogP contribution in [0.2, 0.25) is 0 Å². The van der Waals surface area contributed by atoms with Gasteiger partial charge in [-0.3, -0.25) is 0 Å². The van der Waals surface area contributed by atoms with Crippen LogP contribution in [-0.2, 0) is 6.42 Å². The van der Waals surface area contributed by atoms with Crippen molar-refractivity contribution in [2.75, 3.05) is 17.2 Å². The third-order valence-corrected chi connectivity index (χ3v) is 4.73. The number of aliphatic hydroxyl groups is 1. The second-order valence-corrected chi connectivity index (χ2v) is 7.35. The van der Waals surface area contributed by atoms with Crippen LogP contribution in [-0.4, -0.2) is 34.1 Å². The van der Waals surface area contributed by atoms with Gasteiger partial charge in [-0.25, -0.2) is 4.98 Å². The number of nitrogens with one attached hydrogen (secondary N) is 2. The van der Waals surface area contributed by atoms with E-state index < -0.39 is 6.36 Å². The Kier molecular flexibility index (Phi) is 7.19. The van der Waals surface area contributed by atoms with E-state index in [1.807, 2.05) is 32.0 Å². The minimum absolute atomic E-state index is 0.136. The van der Waals surface area contributed by atoms with Gasteiger partial charge in [0, 0.05) is 23.4 Å². The van der Waals surface area contributed by atoms with Crippen molar-refractivity contribution in [2.24, 2.45) is 0 Å². The summed E-state index contributed by atoms with van der Waals surface area (Å²) >= 11 is 0. The zero-order valence-corrected chi connectivity index (χ0v) is 18.0. The molecule has 0 aliphatic heterocycles. The molecule has 2 aromatic carbocycles. The van der Waals surface area contributed by atoms with E-state index in [4.69, 9.17) is 0 Å². The van der Waals surface area contributed by atoms with Gasteiger partial charge in [0.1, 0.15) is 11.6 Å². The lowest BCUT2D eigenvalue weighted by molar-refractivity contribution is -0.274. The second-order valence-electron chi connectivity index (χ2n) is 7.35. The number of nitrogens with zero attached hydrogens (tertiary/aromatic N) is 2. The lowest BCUT2D eigenvalue weighted by Gasteiger charge is -2.17. The van der Waals surface area contributed by atoms with Gasteiger partial charge in [-0.2, -0.15) is 4.98 Å². The Morgan fingerprint density at radius 3 is 2.53 bits per heavy atom. The zero-order valence-electron chi connectivity index (χ0n) is 18.0. The molecular weight excluding hydrogens is 421 g/mol. The molecule has 0 unspecified atom stereocenters. The standard InChI is InChI=1S/C23H25F3N4O2/c1-4-16-8-5-7-14(2)21(16)29-20-12-19(28-22(30-20)27-15(3)13-31)17-9-6-10-18(11-17)32-23(24,25)26/h5-12,15,31H,4,13H2,1-3H3,(H2,27,28,29,30)/t15-/m0/s1. The first-order valence-corrected chi connectivity index (χ1v) is 10.2. The Labute approximate surface area is 184 Å². The number of alkyl halides is 3. The van der Waals surface area contributed by atoms with Gasteiger partial charge < -0.3 is 20.5 Å². The lowest BCUT2D eigenvalue weighted by atomic mass is 10.1. The van der Waals surface area contributed by atoms with E-state index in [0.29, 0.717) is 17.1 Å². The molecule has 0 saturated carbocycles. The molecule has 0 spiro atoms. The highest BCUT2D eigenvalue weighted by Gasteiger charge is 2.31. The van der Waals surface area contributed by atoms with Crippen molar-refractivity contribution >= 4 is 17.5 Å². The van der Waals surface area contributed by atoms with Crippen LogP contribution in [0.3, 0.4) is 0 Å². The molecule has 6 nitrogen and oxygen atoms in total. The number of halogens is 3. The minimum Gasteiger partial charge on any atom is -0.406 e. The number of aromatic nitrogens is 2. The summed E-state index contributed by atoms with van der Waals surface area (Å²) in [5, 5.41) is 15.7. The van der Waals surface area contributed by atoms with Crippen LogP contribution in [0.1, 0.15) is 25.0 Å². The Balaban J connectivity index is 2.04. The molecule has 1 heterocycles. The quantitative estimate of drug-likeness (QED) is 0.427. The van der Waals surface area contributed by atoms with Crippen LogP contribution in [0.4, 0.5) is 30.6 Å². The fraction of sp³-hybridized carbons (Fsp3) is 0.304.